The van der Waals surface area contributed by atoms with E-state index in [0.29, 0.717) is 11.3 Å². The van der Waals surface area contributed by atoms with Gasteiger partial charge in [-0.15, -0.1) is 0 Å². The Balaban J connectivity index is 1.71. The van der Waals surface area contributed by atoms with Gasteiger partial charge in [-0.25, -0.2) is 0 Å². The average Bonchev–Trinajstić information content (AvgIpc) is 2.87. The monoisotopic (exact) mass is 275 g/mol. The minimum atomic E-state index is 0.0230. The van der Waals surface area contributed by atoms with Crippen molar-refractivity contribution in [3.63, 3.8) is 0 Å². The first-order valence-corrected chi connectivity index (χ1v) is 7.84. The third-order valence-corrected chi connectivity index (χ3v) is 5.04. The number of hydrogen-bond donors (Lipinski definition) is 0. The number of benzene rings is 1. The lowest BCUT2D eigenvalue weighted by Gasteiger charge is -2.37. The molecule has 0 bridgehead atoms. The minimum Gasteiger partial charge on any atom is -0.489 e. The van der Waals surface area contributed by atoms with E-state index in [1.54, 1.807) is 6.07 Å². The summed E-state index contributed by atoms with van der Waals surface area (Å²) in [7, 11) is 0. The molecule has 1 spiro atoms. The Hall–Kier alpha value is -1.18. The molecule has 2 fully saturated rings. The highest BCUT2D eigenvalue weighted by atomic mass is 32.2. The second-order valence-corrected chi connectivity index (χ2v) is 6.28. The van der Waals surface area contributed by atoms with Gasteiger partial charge in [-0.1, -0.05) is 12.1 Å². The van der Waals surface area contributed by atoms with Crippen molar-refractivity contribution in [3.8, 4) is 11.8 Å². The standard InChI is InChI=1S/C15H17NO2S/c16-10-12-3-1-2-4-14(12)18-13-5-7-17-15(9-13)6-8-19-11-15/h1-4,13H,5-9,11H2. The smallest absolute Gasteiger partial charge is 0.137 e. The van der Waals surface area contributed by atoms with Gasteiger partial charge in [0.1, 0.15) is 17.9 Å². The Kier molecular flexibility index (Phi) is 3.67. The van der Waals surface area contributed by atoms with E-state index in [1.807, 2.05) is 30.0 Å². The van der Waals surface area contributed by atoms with Gasteiger partial charge in [-0.05, 0) is 24.3 Å². The van der Waals surface area contributed by atoms with Crippen LogP contribution >= 0.6 is 11.8 Å². The molecule has 19 heavy (non-hydrogen) atoms. The van der Waals surface area contributed by atoms with E-state index in [0.717, 1.165) is 31.6 Å². The molecule has 0 radical (unpaired) electrons. The van der Waals surface area contributed by atoms with Gasteiger partial charge in [-0.2, -0.15) is 17.0 Å². The first-order chi connectivity index (χ1) is 9.31. The predicted molar refractivity (Wildman–Crippen MR) is 75.4 cm³/mol. The van der Waals surface area contributed by atoms with Gasteiger partial charge < -0.3 is 9.47 Å². The summed E-state index contributed by atoms with van der Waals surface area (Å²) in [6.45, 7) is 0.764. The van der Waals surface area contributed by atoms with Crippen molar-refractivity contribution in [3.05, 3.63) is 29.8 Å². The Bertz CT molecular complexity index is 491. The number of para-hydroxylation sites is 1. The molecule has 2 heterocycles. The lowest BCUT2D eigenvalue weighted by molar-refractivity contribution is -0.0959. The number of thioether (sulfide) groups is 1. The number of hydrogen-bond acceptors (Lipinski definition) is 4. The molecule has 2 saturated heterocycles. The van der Waals surface area contributed by atoms with Gasteiger partial charge in [-0.3, -0.25) is 0 Å². The molecular weight excluding hydrogens is 258 g/mol. The molecular formula is C15H17NO2S. The van der Waals surface area contributed by atoms with Crippen LogP contribution in [-0.2, 0) is 4.74 Å². The van der Waals surface area contributed by atoms with E-state index >= 15 is 0 Å². The largest absolute Gasteiger partial charge is 0.489 e. The van der Waals surface area contributed by atoms with Gasteiger partial charge in [0.15, 0.2) is 0 Å². The second kappa shape index (κ2) is 5.44. The SMILES string of the molecule is N#Cc1ccccc1OC1CCOC2(CCSC2)C1. The van der Waals surface area contributed by atoms with Crippen molar-refractivity contribution in [1.82, 2.24) is 0 Å². The molecule has 0 N–H and O–H groups in total. The van der Waals surface area contributed by atoms with E-state index in [1.165, 1.54) is 5.75 Å². The summed E-state index contributed by atoms with van der Waals surface area (Å²) in [5.41, 5.74) is 0.638. The summed E-state index contributed by atoms with van der Waals surface area (Å²) in [5.74, 6) is 2.96. The van der Waals surface area contributed by atoms with Crippen LogP contribution in [0.4, 0.5) is 0 Å². The van der Waals surface area contributed by atoms with Crippen LogP contribution in [0.3, 0.4) is 0 Å². The predicted octanol–water partition coefficient (Wildman–Crippen LogP) is 2.99. The van der Waals surface area contributed by atoms with E-state index in [2.05, 4.69) is 6.07 Å². The van der Waals surface area contributed by atoms with Crippen molar-refractivity contribution in [2.75, 3.05) is 18.1 Å². The normalized spacial score (nSPS) is 30.2. The van der Waals surface area contributed by atoms with E-state index < -0.39 is 0 Å². The van der Waals surface area contributed by atoms with Crippen molar-refractivity contribution >= 4 is 11.8 Å². The Morgan fingerprint density at radius 2 is 2.32 bits per heavy atom. The zero-order chi connectivity index (χ0) is 13.1. The number of nitriles is 1. The molecule has 1 aromatic carbocycles. The van der Waals surface area contributed by atoms with Gasteiger partial charge in [0.2, 0.25) is 0 Å². The van der Waals surface area contributed by atoms with E-state index in [4.69, 9.17) is 14.7 Å². The van der Waals surface area contributed by atoms with Crippen molar-refractivity contribution in [1.29, 1.82) is 5.26 Å². The molecule has 100 valence electrons. The summed E-state index contributed by atoms with van der Waals surface area (Å²) in [6, 6.07) is 9.65. The second-order valence-electron chi connectivity index (χ2n) is 5.17. The van der Waals surface area contributed by atoms with E-state index in [-0.39, 0.29) is 11.7 Å². The van der Waals surface area contributed by atoms with Crippen LogP contribution in [0.2, 0.25) is 0 Å². The molecule has 0 aromatic heterocycles. The quantitative estimate of drug-likeness (QED) is 0.832. The number of rotatable bonds is 2. The highest BCUT2D eigenvalue weighted by Gasteiger charge is 2.41. The first-order valence-electron chi connectivity index (χ1n) is 6.69. The molecule has 0 saturated carbocycles. The fourth-order valence-electron chi connectivity index (χ4n) is 2.79. The molecule has 0 aliphatic carbocycles. The molecule has 1 aromatic rings. The van der Waals surface area contributed by atoms with Gasteiger partial charge in [0.05, 0.1) is 17.8 Å². The third-order valence-electron chi connectivity index (χ3n) is 3.82. The summed E-state index contributed by atoms with van der Waals surface area (Å²) in [6.07, 6.45) is 3.14. The van der Waals surface area contributed by atoms with Crippen LogP contribution in [0, 0.1) is 11.3 Å². The van der Waals surface area contributed by atoms with Gasteiger partial charge in [0, 0.05) is 18.6 Å². The van der Waals surface area contributed by atoms with E-state index in [9.17, 15) is 0 Å². The third kappa shape index (κ3) is 2.72. The fraction of sp³-hybridized carbons (Fsp3) is 0.533. The van der Waals surface area contributed by atoms with Crippen LogP contribution in [0.1, 0.15) is 24.8 Å². The van der Waals surface area contributed by atoms with Crippen molar-refractivity contribution < 1.29 is 9.47 Å². The zero-order valence-corrected chi connectivity index (χ0v) is 11.6. The van der Waals surface area contributed by atoms with Crippen LogP contribution in [0.15, 0.2) is 24.3 Å². The summed E-state index contributed by atoms with van der Waals surface area (Å²) >= 11 is 1.96. The van der Waals surface area contributed by atoms with Crippen molar-refractivity contribution in [2.24, 2.45) is 0 Å². The van der Waals surface area contributed by atoms with Crippen LogP contribution < -0.4 is 4.74 Å². The molecule has 2 aliphatic heterocycles. The lowest BCUT2D eigenvalue weighted by Crippen LogP contribution is -2.43. The topological polar surface area (TPSA) is 42.2 Å². The Labute approximate surface area is 117 Å². The van der Waals surface area contributed by atoms with Gasteiger partial charge >= 0.3 is 0 Å². The molecule has 0 amide bonds. The Morgan fingerprint density at radius 3 is 3.11 bits per heavy atom. The number of ether oxygens (including phenoxy) is 2. The fourth-order valence-corrected chi connectivity index (χ4v) is 4.17. The average molecular weight is 275 g/mol. The lowest BCUT2D eigenvalue weighted by atomic mass is 9.91. The number of nitrogens with zero attached hydrogens (tertiary/aromatic N) is 1. The molecule has 2 atom stereocenters. The molecule has 2 unspecified atom stereocenters. The summed E-state index contributed by atoms with van der Waals surface area (Å²) < 4.78 is 12.0. The van der Waals surface area contributed by atoms with Crippen molar-refractivity contribution in [2.45, 2.75) is 31.0 Å². The first kappa shape index (κ1) is 12.8. The van der Waals surface area contributed by atoms with Crippen LogP contribution in [0.5, 0.6) is 5.75 Å². The maximum absolute atomic E-state index is 9.09. The maximum Gasteiger partial charge on any atom is 0.137 e. The maximum atomic E-state index is 9.09. The van der Waals surface area contributed by atoms with Crippen LogP contribution in [-0.4, -0.2) is 29.8 Å². The highest BCUT2D eigenvalue weighted by molar-refractivity contribution is 7.99. The van der Waals surface area contributed by atoms with Crippen LogP contribution in [0.25, 0.3) is 0 Å². The molecule has 2 aliphatic rings. The summed E-state index contributed by atoms with van der Waals surface area (Å²) in [5, 5.41) is 9.09. The molecule has 3 nitrogen and oxygen atoms in total. The highest BCUT2D eigenvalue weighted by Crippen LogP contribution is 2.39. The molecule has 4 heteroatoms. The minimum absolute atomic E-state index is 0.0230. The molecule has 3 rings (SSSR count). The van der Waals surface area contributed by atoms with Gasteiger partial charge in [0.25, 0.3) is 0 Å². The zero-order valence-electron chi connectivity index (χ0n) is 10.8. The Morgan fingerprint density at radius 1 is 1.42 bits per heavy atom. The summed E-state index contributed by atoms with van der Waals surface area (Å²) in [4.78, 5) is 0.